The van der Waals surface area contributed by atoms with Crippen molar-refractivity contribution in [2.45, 2.75) is 32.3 Å². The molecule has 0 aliphatic rings. The molecule has 0 atom stereocenters. The van der Waals surface area contributed by atoms with Crippen LogP contribution in [0.3, 0.4) is 0 Å². The average molecular weight is 307 g/mol. The Balaban J connectivity index is 2.01. The molecular formula is C16H25NO3Si. The molecule has 0 saturated carbocycles. The summed E-state index contributed by atoms with van der Waals surface area (Å²) in [6.07, 6.45) is 1.99. The number of benzene rings is 1. The first-order chi connectivity index (χ1) is 9.90. The largest absolute Gasteiger partial charge is 0.467 e. The zero-order valence-corrected chi connectivity index (χ0v) is 14.3. The molecule has 2 aromatic rings. The number of aliphatic hydroxyl groups excluding tert-OH is 1. The Kier molecular flexibility index (Phi) is 5.08. The fourth-order valence-electron chi connectivity index (χ4n) is 2.15. The first kappa shape index (κ1) is 16.1. The van der Waals surface area contributed by atoms with E-state index in [0.29, 0.717) is 0 Å². The van der Waals surface area contributed by atoms with E-state index in [1.54, 1.807) is 0 Å². The molecule has 21 heavy (non-hydrogen) atoms. The normalized spacial score (nSPS) is 12.0. The summed E-state index contributed by atoms with van der Waals surface area (Å²) < 4.78 is 13.4. The molecule has 0 spiro atoms. The minimum Gasteiger partial charge on any atom is -0.467 e. The second kappa shape index (κ2) is 6.64. The summed E-state index contributed by atoms with van der Waals surface area (Å²) >= 11 is 0. The molecule has 0 aliphatic heterocycles. The minimum atomic E-state index is -1.06. The molecule has 0 fully saturated rings. The molecule has 4 nitrogen and oxygen atoms in total. The maximum absolute atomic E-state index is 9.36. The van der Waals surface area contributed by atoms with E-state index in [1.165, 1.54) is 0 Å². The maximum Gasteiger partial charge on any atom is 0.189 e. The Labute approximate surface area is 127 Å². The van der Waals surface area contributed by atoms with Crippen LogP contribution in [0.5, 0.6) is 5.75 Å². The number of aryl methyl sites for hydroxylation is 1. The van der Waals surface area contributed by atoms with Crippen LogP contribution in [0.15, 0.2) is 24.4 Å². The van der Waals surface area contributed by atoms with Crippen LogP contribution in [0.1, 0.15) is 5.56 Å². The molecule has 1 aromatic heterocycles. The van der Waals surface area contributed by atoms with E-state index in [-0.39, 0.29) is 13.4 Å². The quantitative estimate of drug-likeness (QED) is 0.484. The number of aromatic nitrogens is 1. The van der Waals surface area contributed by atoms with E-state index in [0.717, 1.165) is 34.9 Å². The summed E-state index contributed by atoms with van der Waals surface area (Å²) in [6, 6.07) is 7.01. The molecule has 2 rings (SSSR count). The summed E-state index contributed by atoms with van der Waals surface area (Å²) in [5, 5.41) is 10.4. The lowest BCUT2D eigenvalue weighted by atomic mass is 10.1. The van der Waals surface area contributed by atoms with Crippen LogP contribution < -0.4 is 4.74 Å². The van der Waals surface area contributed by atoms with Gasteiger partial charge in [-0.15, -0.1) is 0 Å². The number of rotatable bonds is 7. The topological polar surface area (TPSA) is 43.6 Å². The monoisotopic (exact) mass is 307 g/mol. The molecule has 0 amide bonds. The highest BCUT2D eigenvalue weighted by atomic mass is 28.3. The highest BCUT2D eigenvalue weighted by Gasteiger charge is 2.12. The molecule has 0 bridgehead atoms. The number of ether oxygens (including phenoxy) is 2. The average Bonchev–Trinajstić information content (AvgIpc) is 2.79. The smallest absolute Gasteiger partial charge is 0.189 e. The fraction of sp³-hybridized carbons (Fsp3) is 0.500. The van der Waals surface area contributed by atoms with Crippen LogP contribution in [0.4, 0.5) is 0 Å². The number of hydrogen-bond acceptors (Lipinski definition) is 3. The van der Waals surface area contributed by atoms with Crippen molar-refractivity contribution in [3.8, 4) is 5.75 Å². The highest BCUT2D eigenvalue weighted by molar-refractivity contribution is 6.76. The zero-order valence-electron chi connectivity index (χ0n) is 13.3. The molecular weight excluding hydrogens is 282 g/mol. The molecule has 0 saturated heterocycles. The van der Waals surface area contributed by atoms with Crippen LogP contribution in [-0.4, -0.2) is 31.1 Å². The van der Waals surface area contributed by atoms with Crippen LogP contribution in [0.2, 0.25) is 25.7 Å². The molecule has 0 aliphatic carbocycles. The lowest BCUT2D eigenvalue weighted by Gasteiger charge is -2.16. The molecule has 116 valence electrons. The molecule has 1 heterocycles. The minimum absolute atomic E-state index is 0.00790. The van der Waals surface area contributed by atoms with Crippen molar-refractivity contribution in [3.05, 3.63) is 30.0 Å². The first-order valence-corrected chi connectivity index (χ1v) is 11.0. The first-order valence-electron chi connectivity index (χ1n) is 7.30. The van der Waals surface area contributed by atoms with Crippen molar-refractivity contribution >= 4 is 19.0 Å². The van der Waals surface area contributed by atoms with Crippen molar-refractivity contribution in [2.24, 2.45) is 7.05 Å². The van der Waals surface area contributed by atoms with Gasteiger partial charge < -0.3 is 19.1 Å². The van der Waals surface area contributed by atoms with E-state index in [4.69, 9.17) is 9.47 Å². The van der Waals surface area contributed by atoms with Gasteiger partial charge in [-0.2, -0.15) is 0 Å². The lowest BCUT2D eigenvalue weighted by molar-refractivity contribution is 0.0229. The van der Waals surface area contributed by atoms with Crippen molar-refractivity contribution in [2.75, 3.05) is 13.4 Å². The van der Waals surface area contributed by atoms with Gasteiger partial charge in [0.2, 0.25) is 0 Å². The van der Waals surface area contributed by atoms with Crippen LogP contribution in [-0.2, 0) is 18.4 Å². The third kappa shape index (κ3) is 4.33. The van der Waals surface area contributed by atoms with Gasteiger partial charge in [-0.3, -0.25) is 0 Å². The summed E-state index contributed by atoms with van der Waals surface area (Å²) in [7, 11) is 0.925. The second-order valence-electron chi connectivity index (χ2n) is 6.59. The molecule has 0 unspecified atom stereocenters. The summed E-state index contributed by atoms with van der Waals surface area (Å²) in [5.41, 5.74) is 1.90. The van der Waals surface area contributed by atoms with Crippen LogP contribution in [0.25, 0.3) is 10.9 Å². The highest BCUT2D eigenvalue weighted by Crippen LogP contribution is 2.28. The van der Waals surface area contributed by atoms with Crippen molar-refractivity contribution in [1.82, 2.24) is 4.57 Å². The second-order valence-corrected chi connectivity index (χ2v) is 12.2. The standard InChI is InChI=1S/C16H25NO3Si/c1-17-6-5-14-15(17)9-13(11-18)10-16(14)20-12-19-7-8-21(2,3)4/h5-6,9-10,18H,7-8,11-12H2,1-4H3. The van der Waals surface area contributed by atoms with Gasteiger partial charge in [0, 0.05) is 33.3 Å². The van der Waals surface area contributed by atoms with Gasteiger partial charge in [-0.1, -0.05) is 19.6 Å². The Bertz CT molecular complexity index is 601. The fourth-order valence-corrected chi connectivity index (χ4v) is 2.90. The van der Waals surface area contributed by atoms with Gasteiger partial charge >= 0.3 is 0 Å². The van der Waals surface area contributed by atoms with Gasteiger partial charge in [-0.25, -0.2) is 0 Å². The van der Waals surface area contributed by atoms with Gasteiger partial charge in [0.15, 0.2) is 6.79 Å². The van der Waals surface area contributed by atoms with Crippen LogP contribution in [0, 0.1) is 0 Å². The lowest BCUT2D eigenvalue weighted by Crippen LogP contribution is -2.22. The van der Waals surface area contributed by atoms with Crippen molar-refractivity contribution in [3.63, 3.8) is 0 Å². The van der Waals surface area contributed by atoms with Crippen molar-refractivity contribution < 1.29 is 14.6 Å². The van der Waals surface area contributed by atoms with Gasteiger partial charge in [-0.05, 0) is 29.8 Å². The predicted molar refractivity (Wildman–Crippen MR) is 88.4 cm³/mol. The Morgan fingerprint density at radius 2 is 2.00 bits per heavy atom. The third-order valence-corrected chi connectivity index (χ3v) is 5.21. The van der Waals surface area contributed by atoms with Gasteiger partial charge in [0.05, 0.1) is 12.1 Å². The van der Waals surface area contributed by atoms with E-state index in [2.05, 4.69) is 19.6 Å². The summed E-state index contributed by atoms with van der Waals surface area (Å²) in [6.45, 7) is 7.99. The number of nitrogens with zero attached hydrogens (tertiary/aromatic N) is 1. The summed E-state index contributed by atoms with van der Waals surface area (Å²) in [5.74, 6) is 0.769. The van der Waals surface area contributed by atoms with E-state index < -0.39 is 8.07 Å². The zero-order chi connectivity index (χ0) is 15.5. The third-order valence-electron chi connectivity index (χ3n) is 3.50. The van der Waals surface area contributed by atoms with E-state index in [9.17, 15) is 5.11 Å². The SMILES string of the molecule is Cn1ccc2c(OCOCC[Si](C)(C)C)cc(CO)cc21. The van der Waals surface area contributed by atoms with Crippen LogP contribution >= 0.6 is 0 Å². The number of hydrogen-bond donors (Lipinski definition) is 1. The predicted octanol–water partition coefficient (Wildman–Crippen LogP) is 3.36. The van der Waals surface area contributed by atoms with Crippen molar-refractivity contribution in [1.29, 1.82) is 0 Å². The van der Waals surface area contributed by atoms with Gasteiger partial charge in [0.25, 0.3) is 0 Å². The summed E-state index contributed by atoms with van der Waals surface area (Å²) in [4.78, 5) is 0. The molecule has 0 radical (unpaired) electrons. The van der Waals surface area contributed by atoms with E-state index >= 15 is 0 Å². The molecule has 1 N–H and O–H groups in total. The van der Waals surface area contributed by atoms with Gasteiger partial charge in [0.1, 0.15) is 5.75 Å². The Hall–Kier alpha value is -1.30. The Morgan fingerprint density at radius 1 is 1.24 bits per heavy atom. The molecule has 1 aromatic carbocycles. The molecule has 5 heteroatoms. The maximum atomic E-state index is 9.36. The number of aliphatic hydroxyl groups is 1. The van der Waals surface area contributed by atoms with E-state index in [1.807, 2.05) is 36.0 Å². The Morgan fingerprint density at radius 3 is 2.67 bits per heavy atom. The number of fused-ring (bicyclic) bond motifs is 1.